The zero-order chi connectivity index (χ0) is 54.1. The van der Waals surface area contributed by atoms with Crippen LogP contribution in [0.3, 0.4) is 0 Å². The van der Waals surface area contributed by atoms with Crippen LogP contribution in [-0.2, 0) is 55.8 Å². The third-order valence-electron chi connectivity index (χ3n) is 10.7. The summed E-state index contributed by atoms with van der Waals surface area (Å²) in [6.07, 6.45) is -9.89. The molecule has 1 aliphatic heterocycles. The fourth-order valence-corrected chi connectivity index (χ4v) is 7.46. The van der Waals surface area contributed by atoms with Gasteiger partial charge in [-0.1, -0.05) is 60.7 Å². The molecule has 72 heavy (non-hydrogen) atoms. The Balaban J connectivity index is 1.94. The van der Waals surface area contributed by atoms with Gasteiger partial charge in [-0.15, -0.1) is 0 Å². The maximum absolute atomic E-state index is 14.4. The van der Waals surface area contributed by atoms with Gasteiger partial charge < -0.3 is 55.7 Å². The van der Waals surface area contributed by atoms with Crippen LogP contribution in [0.4, 0.5) is 27.6 Å². The van der Waals surface area contributed by atoms with E-state index in [0.29, 0.717) is 11.1 Å². The zero-order valence-electron chi connectivity index (χ0n) is 42.8. The molecule has 1 heterocycles. The molecule has 1 aliphatic rings. The van der Waals surface area contributed by atoms with E-state index in [4.69, 9.17) is 18.9 Å². The fraction of sp³-hybridized carbons (Fsp3) is 0.600. The largest absolute Gasteiger partial charge is 0.467 e. The van der Waals surface area contributed by atoms with E-state index in [1.165, 1.54) is 4.90 Å². The summed E-state index contributed by atoms with van der Waals surface area (Å²) in [5.41, 5.74) is -3.16. The second-order valence-electron chi connectivity index (χ2n) is 20.5. The molecule has 0 spiro atoms. The number of ether oxygens (including phenoxy) is 4. The average Bonchev–Trinajstić information content (AvgIpc) is 3.25. The number of hydrogen-bond acceptors (Lipinski definition) is 12. The normalized spacial score (nSPS) is 15.5. The summed E-state index contributed by atoms with van der Waals surface area (Å²) in [7, 11) is 1.13. The highest BCUT2D eigenvalue weighted by molar-refractivity contribution is 5.96. The van der Waals surface area contributed by atoms with Crippen LogP contribution in [-0.4, -0.2) is 132 Å². The van der Waals surface area contributed by atoms with Crippen molar-refractivity contribution < 1.29 is 70.5 Å². The van der Waals surface area contributed by atoms with Crippen molar-refractivity contribution >= 4 is 47.9 Å². The quantitative estimate of drug-likeness (QED) is 0.0545. The van der Waals surface area contributed by atoms with E-state index in [1.54, 1.807) is 123 Å². The van der Waals surface area contributed by atoms with E-state index in [9.17, 15) is 51.5 Å². The Kier molecular flexibility index (Phi) is 21.7. The highest BCUT2D eigenvalue weighted by Gasteiger charge is 2.47. The third kappa shape index (κ3) is 21.8. The van der Waals surface area contributed by atoms with Crippen LogP contribution in [0.15, 0.2) is 60.7 Å². The SMILES string of the molecule is COC(=O)C1(NC(=O)OC(C)(C)C)CCN(C(=O)C(CCCCNC(=O)OC(C)(C)C)NC(=O)C(CC(F)(F)F)NC(=O)C(Cc2ccccc2)NC(=O)C(Cc2ccccc2)NC(=O)OC(C)(C)C)CC1. The van der Waals surface area contributed by atoms with E-state index < -0.39 is 107 Å². The van der Waals surface area contributed by atoms with Crippen molar-refractivity contribution in [2.75, 3.05) is 26.7 Å². The topological polar surface area (TPSA) is 249 Å². The fourth-order valence-electron chi connectivity index (χ4n) is 7.46. The van der Waals surface area contributed by atoms with Crippen LogP contribution in [0.5, 0.6) is 0 Å². The Labute approximate surface area is 419 Å². The number of esters is 1. The molecule has 0 saturated carbocycles. The number of hydrogen-bond donors (Lipinski definition) is 6. The van der Waals surface area contributed by atoms with Crippen molar-refractivity contribution in [1.29, 1.82) is 0 Å². The van der Waals surface area contributed by atoms with Gasteiger partial charge in [0.25, 0.3) is 0 Å². The third-order valence-corrected chi connectivity index (χ3v) is 10.7. The summed E-state index contributed by atoms with van der Waals surface area (Å²) < 4.78 is 64.1. The van der Waals surface area contributed by atoms with Gasteiger partial charge in [-0.05, 0) is 106 Å². The van der Waals surface area contributed by atoms with E-state index in [1.807, 2.05) is 0 Å². The first-order valence-electron chi connectivity index (χ1n) is 23.8. The molecular weight excluding hydrogens is 948 g/mol. The van der Waals surface area contributed by atoms with Crippen LogP contribution in [0.2, 0.25) is 0 Å². The Hall–Kier alpha value is -6.61. The Morgan fingerprint density at radius 1 is 0.583 bits per heavy atom. The van der Waals surface area contributed by atoms with Crippen LogP contribution < -0.4 is 31.9 Å². The summed E-state index contributed by atoms with van der Waals surface area (Å²) in [6, 6.07) is 10.0. The summed E-state index contributed by atoms with van der Waals surface area (Å²) in [6.45, 7) is 14.5. The smallest absolute Gasteiger partial charge is 0.408 e. The molecule has 0 radical (unpaired) electrons. The van der Waals surface area contributed by atoms with Crippen LogP contribution in [0.1, 0.15) is 112 Å². The Bertz CT molecular complexity index is 2150. The minimum atomic E-state index is -5.04. The van der Waals surface area contributed by atoms with Crippen LogP contribution >= 0.6 is 0 Å². The van der Waals surface area contributed by atoms with Crippen molar-refractivity contribution in [3.05, 3.63) is 71.8 Å². The number of carbonyl (C=O) groups excluding carboxylic acids is 8. The number of rotatable bonds is 20. The maximum atomic E-state index is 14.4. The number of benzene rings is 2. The molecule has 22 heteroatoms. The number of piperidine rings is 1. The van der Waals surface area contributed by atoms with Crippen LogP contribution in [0.25, 0.3) is 0 Å². The maximum Gasteiger partial charge on any atom is 0.408 e. The van der Waals surface area contributed by atoms with E-state index in [-0.39, 0.29) is 64.6 Å². The van der Waals surface area contributed by atoms with Crippen molar-refractivity contribution in [3.63, 3.8) is 0 Å². The summed E-state index contributed by atoms with van der Waals surface area (Å²) in [5, 5.41) is 14.8. The predicted molar refractivity (Wildman–Crippen MR) is 258 cm³/mol. The zero-order valence-corrected chi connectivity index (χ0v) is 42.8. The van der Waals surface area contributed by atoms with Crippen molar-refractivity contribution in [1.82, 2.24) is 36.8 Å². The molecule has 0 aliphatic carbocycles. The van der Waals surface area contributed by atoms with Gasteiger partial charge in [0.1, 0.15) is 46.5 Å². The first kappa shape index (κ1) is 59.7. The molecule has 1 saturated heterocycles. The van der Waals surface area contributed by atoms with E-state index in [2.05, 4.69) is 31.9 Å². The Morgan fingerprint density at radius 2 is 1.01 bits per heavy atom. The van der Waals surface area contributed by atoms with Gasteiger partial charge in [0.15, 0.2) is 0 Å². The molecule has 0 aromatic heterocycles. The molecule has 6 N–H and O–H groups in total. The number of nitrogens with one attached hydrogen (secondary N) is 6. The van der Waals surface area contributed by atoms with E-state index >= 15 is 0 Å². The number of unbranched alkanes of at least 4 members (excludes halogenated alkanes) is 1. The number of halogens is 3. The molecule has 4 atom stereocenters. The summed E-state index contributed by atoms with van der Waals surface area (Å²) in [5.74, 6) is -5.00. The molecule has 2 aromatic rings. The molecule has 4 unspecified atom stereocenters. The highest BCUT2D eigenvalue weighted by atomic mass is 19.4. The van der Waals surface area contributed by atoms with Gasteiger partial charge in [-0.2, -0.15) is 13.2 Å². The number of likely N-dealkylation sites (tertiary alicyclic amines) is 1. The van der Waals surface area contributed by atoms with Crippen molar-refractivity contribution in [2.24, 2.45) is 0 Å². The molecule has 1 fully saturated rings. The van der Waals surface area contributed by atoms with Gasteiger partial charge in [0.2, 0.25) is 23.6 Å². The lowest BCUT2D eigenvalue weighted by atomic mass is 9.87. The number of carbonyl (C=O) groups is 8. The minimum Gasteiger partial charge on any atom is -0.467 e. The van der Waals surface area contributed by atoms with Crippen molar-refractivity contribution in [2.45, 2.75) is 166 Å². The van der Waals surface area contributed by atoms with Crippen molar-refractivity contribution in [3.8, 4) is 0 Å². The molecule has 3 rings (SSSR count). The van der Waals surface area contributed by atoms with Gasteiger partial charge in [-0.25, -0.2) is 19.2 Å². The summed E-state index contributed by atoms with van der Waals surface area (Å²) >= 11 is 0. The lowest BCUT2D eigenvalue weighted by molar-refractivity contribution is -0.154. The molecular formula is C50H72F3N7O12. The van der Waals surface area contributed by atoms with Gasteiger partial charge in [-0.3, -0.25) is 19.2 Å². The molecule has 400 valence electrons. The van der Waals surface area contributed by atoms with Crippen LogP contribution in [0, 0.1) is 0 Å². The second kappa shape index (κ2) is 26.2. The predicted octanol–water partition coefficient (Wildman–Crippen LogP) is 5.53. The first-order chi connectivity index (χ1) is 33.4. The highest BCUT2D eigenvalue weighted by Crippen LogP contribution is 2.27. The summed E-state index contributed by atoms with van der Waals surface area (Å²) in [4.78, 5) is 109. The standard InChI is InChI=1S/C50H72F3N7O12/c1-46(2,3)70-43(66)54-26-18-17-23-34(41(64)60-27-24-49(25-28-60,42(65)69-10)59-45(68)72-48(7,8)9)55-40(63)37(31-50(51,52)53)57-38(61)35(29-32-19-13-11-14-20-32)56-39(62)36(30-33-21-15-12-16-22-33)58-44(67)71-47(4,5)6/h11-16,19-22,34-37H,17-18,23-31H2,1-10H3,(H,54,66)(H,55,63)(H,56,62)(H,57,61)(H,58,67)(H,59,68). The monoisotopic (exact) mass is 1020 g/mol. The molecule has 19 nitrogen and oxygen atoms in total. The van der Waals surface area contributed by atoms with Gasteiger partial charge in [0, 0.05) is 32.5 Å². The minimum absolute atomic E-state index is 0.0713. The number of alkyl halides is 3. The molecule has 0 bridgehead atoms. The number of alkyl carbamates (subject to hydrolysis) is 3. The van der Waals surface area contributed by atoms with Gasteiger partial charge >= 0.3 is 30.4 Å². The molecule has 2 aromatic carbocycles. The number of nitrogens with zero attached hydrogens (tertiary/aromatic N) is 1. The second-order valence-corrected chi connectivity index (χ2v) is 20.5. The van der Waals surface area contributed by atoms with Gasteiger partial charge in [0.05, 0.1) is 13.5 Å². The lowest BCUT2D eigenvalue weighted by Crippen LogP contribution is -2.63. The first-order valence-corrected chi connectivity index (χ1v) is 23.8. The molecule has 7 amide bonds. The average molecular weight is 1020 g/mol. The van der Waals surface area contributed by atoms with E-state index in [0.717, 1.165) is 7.11 Å². The lowest BCUT2D eigenvalue weighted by Gasteiger charge is -2.41. The number of amides is 7. The Morgan fingerprint density at radius 3 is 1.49 bits per heavy atom. The number of methoxy groups -OCH3 is 1.